The molecule has 2 unspecified atom stereocenters. The van der Waals surface area contributed by atoms with E-state index in [1.54, 1.807) is 0 Å². The molecule has 1 aromatic carbocycles. The normalized spacial score (nSPS) is 23.9. The van der Waals surface area contributed by atoms with Crippen molar-refractivity contribution in [2.75, 3.05) is 5.88 Å². The Labute approximate surface area is 113 Å². The van der Waals surface area contributed by atoms with Crippen molar-refractivity contribution >= 4 is 22.6 Å². The second kappa shape index (κ2) is 4.93. The van der Waals surface area contributed by atoms with Crippen LogP contribution >= 0.6 is 11.6 Å². The minimum atomic E-state index is 0.607. The van der Waals surface area contributed by atoms with Gasteiger partial charge in [0.05, 0.1) is 11.0 Å². The van der Waals surface area contributed by atoms with Crippen LogP contribution in [0.15, 0.2) is 24.3 Å². The molecule has 96 valence electrons. The molecule has 1 saturated carbocycles. The lowest BCUT2D eigenvalue weighted by molar-refractivity contribution is 0.406. The molecule has 18 heavy (non-hydrogen) atoms. The van der Waals surface area contributed by atoms with E-state index >= 15 is 0 Å². The lowest BCUT2D eigenvalue weighted by Crippen LogP contribution is -2.15. The summed E-state index contributed by atoms with van der Waals surface area (Å²) in [6.07, 6.45) is 4.80. The summed E-state index contributed by atoms with van der Waals surface area (Å²) >= 11 is 5.93. The SMILES string of the molecule is CC1CCCC1n1c(CCCl)nc2ccccc21. The Kier molecular flexibility index (Phi) is 3.29. The molecule has 0 amide bonds. The Bertz CT molecular complexity index is 546. The first kappa shape index (κ1) is 12.0. The summed E-state index contributed by atoms with van der Waals surface area (Å²) < 4.78 is 2.45. The van der Waals surface area contributed by atoms with Crippen LogP contribution in [0.2, 0.25) is 0 Å². The summed E-state index contributed by atoms with van der Waals surface area (Å²) in [7, 11) is 0. The van der Waals surface area contributed by atoms with E-state index in [0.717, 1.165) is 23.7 Å². The summed E-state index contributed by atoms with van der Waals surface area (Å²) in [6.45, 7) is 2.36. The molecule has 2 atom stereocenters. The number of alkyl halides is 1. The number of fused-ring (bicyclic) bond motifs is 1. The lowest BCUT2D eigenvalue weighted by atomic mass is 10.1. The third-order valence-corrected chi connectivity index (χ3v) is 4.32. The van der Waals surface area contributed by atoms with Crippen molar-refractivity contribution < 1.29 is 0 Å². The minimum absolute atomic E-state index is 0.607. The molecule has 1 fully saturated rings. The van der Waals surface area contributed by atoms with E-state index in [0.29, 0.717) is 11.9 Å². The summed E-state index contributed by atoms with van der Waals surface area (Å²) in [6, 6.07) is 9.05. The largest absolute Gasteiger partial charge is 0.325 e. The number of hydrogen-bond acceptors (Lipinski definition) is 1. The molecule has 0 radical (unpaired) electrons. The molecule has 1 aliphatic carbocycles. The highest BCUT2D eigenvalue weighted by molar-refractivity contribution is 6.17. The van der Waals surface area contributed by atoms with Crippen LogP contribution in [-0.4, -0.2) is 15.4 Å². The summed E-state index contributed by atoms with van der Waals surface area (Å²) in [5.74, 6) is 2.55. The van der Waals surface area contributed by atoms with Crippen molar-refractivity contribution in [2.45, 2.75) is 38.6 Å². The van der Waals surface area contributed by atoms with Gasteiger partial charge in [0.1, 0.15) is 5.82 Å². The third kappa shape index (κ3) is 1.93. The Morgan fingerprint density at radius 1 is 1.33 bits per heavy atom. The van der Waals surface area contributed by atoms with Crippen LogP contribution in [0.25, 0.3) is 11.0 Å². The van der Waals surface area contributed by atoms with Crippen LogP contribution in [0.3, 0.4) is 0 Å². The zero-order valence-electron chi connectivity index (χ0n) is 10.8. The molecular formula is C15H19ClN2. The topological polar surface area (TPSA) is 17.8 Å². The summed E-state index contributed by atoms with van der Waals surface area (Å²) in [4.78, 5) is 4.76. The maximum Gasteiger partial charge on any atom is 0.111 e. The number of imidazole rings is 1. The molecule has 1 aromatic heterocycles. The molecule has 2 aromatic rings. The van der Waals surface area contributed by atoms with Gasteiger partial charge < -0.3 is 4.57 Å². The predicted octanol–water partition coefficient (Wildman–Crippen LogP) is 4.18. The quantitative estimate of drug-likeness (QED) is 0.759. The van der Waals surface area contributed by atoms with Gasteiger partial charge >= 0.3 is 0 Å². The first-order valence-electron chi connectivity index (χ1n) is 6.83. The van der Waals surface area contributed by atoms with Crippen molar-refractivity contribution in [3.63, 3.8) is 0 Å². The van der Waals surface area contributed by atoms with Gasteiger partial charge in [-0.1, -0.05) is 25.5 Å². The first-order valence-corrected chi connectivity index (χ1v) is 7.36. The van der Waals surface area contributed by atoms with Crippen molar-refractivity contribution in [2.24, 2.45) is 5.92 Å². The van der Waals surface area contributed by atoms with Crippen molar-refractivity contribution in [1.29, 1.82) is 0 Å². The third-order valence-electron chi connectivity index (χ3n) is 4.13. The molecule has 2 nitrogen and oxygen atoms in total. The van der Waals surface area contributed by atoms with Crippen molar-refractivity contribution in [3.05, 3.63) is 30.1 Å². The smallest absolute Gasteiger partial charge is 0.111 e. The number of aromatic nitrogens is 2. The molecule has 0 N–H and O–H groups in total. The van der Waals surface area contributed by atoms with Crippen molar-refractivity contribution in [3.8, 4) is 0 Å². The maximum absolute atomic E-state index is 5.93. The Hall–Kier alpha value is -1.02. The number of nitrogens with zero attached hydrogens (tertiary/aromatic N) is 2. The number of para-hydroxylation sites is 2. The molecule has 1 heterocycles. The number of benzene rings is 1. The average Bonchev–Trinajstić information content (AvgIpc) is 2.93. The van der Waals surface area contributed by atoms with Gasteiger partial charge in [-0.3, -0.25) is 0 Å². The van der Waals surface area contributed by atoms with Crippen LogP contribution in [0.1, 0.15) is 38.1 Å². The van der Waals surface area contributed by atoms with Crippen molar-refractivity contribution in [1.82, 2.24) is 9.55 Å². The van der Waals surface area contributed by atoms with E-state index in [9.17, 15) is 0 Å². The van der Waals surface area contributed by atoms with E-state index in [2.05, 4.69) is 35.8 Å². The molecule has 0 aliphatic heterocycles. The number of halogens is 1. The highest BCUT2D eigenvalue weighted by atomic mass is 35.5. The van der Waals surface area contributed by atoms with Gasteiger partial charge in [-0.2, -0.15) is 0 Å². The highest BCUT2D eigenvalue weighted by Crippen LogP contribution is 2.38. The van der Waals surface area contributed by atoms with E-state index in [-0.39, 0.29) is 0 Å². The Balaban J connectivity index is 2.14. The zero-order valence-corrected chi connectivity index (χ0v) is 11.5. The van der Waals surface area contributed by atoms with Gasteiger partial charge in [0.2, 0.25) is 0 Å². The van der Waals surface area contributed by atoms with Crippen LogP contribution in [-0.2, 0) is 6.42 Å². The molecule has 3 rings (SSSR count). The van der Waals surface area contributed by atoms with Gasteiger partial charge in [0, 0.05) is 18.3 Å². The zero-order chi connectivity index (χ0) is 12.5. The van der Waals surface area contributed by atoms with Gasteiger partial charge in [0.25, 0.3) is 0 Å². The van der Waals surface area contributed by atoms with E-state index in [1.807, 2.05) is 0 Å². The monoisotopic (exact) mass is 262 g/mol. The Morgan fingerprint density at radius 2 is 2.17 bits per heavy atom. The standard InChI is InChI=1S/C15H19ClN2/c1-11-5-4-8-13(11)18-14-7-3-2-6-12(14)17-15(18)9-10-16/h2-3,6-7,11,13H,4-5,8-10H2,1H3. The fourth-order valence-corrected chi connectivity index (χ4v) is 3.40. The van der Waals surface area contributed by atoms with Gasteiger partial charge in [-0.05, 0) is 30.9 Å². The van der Waals surface area contributed by atoms with Crippen LogP contribution in [0.4, 0.5) is 0 Å². The predicted molar refractivity (Wildman–Crippen MR) is 76.2 cm³/mol. The second-order valence-corrected chi connectivity index (χ2v) is 5.68. The van der Waals surface area contributed by atoms with Crippen LogP contribution in [0.5, 0.6) is 0 Å². The highest BCUT2D eigenvalue weighted by Gasteiger charge is 2.28. The average molecular weight is 263 g/mol. The van der Waals surface area contributed by atoms with Crippen LogP contribution < -0.4 is 0 Å². The number of aryl methyl sites for hydroxylation is 1. The molecule has 1 aliphatic rings. The van der Waals surface area contributed by atoms with E-state index < -0.39 is 0 Å². The first-order chi connectivity index (χ1) is 8.81. The van der Waals surface area contributed by atoms with Gasteiger partial charge in [-0.25, -0.2) is 4.98 Å². The maximum atomic E-state index is 5.93. The molecular weight excluding hydrogens is 244 g/mol. The van der Waals surface area contributed by atoms with E-state index in [1.165, 1.54) is 24.8 Å². The minimum Gasteiger partial charge on any atom is -0.325 e. The van der Waals surface area contributed by atoms with Gasteiger partial charge in [-0.15, -0.1) is 11.6 Å². The van der Waals surface area contributed by atoms with E-state index in [4.69, 9.17) is 16.6 Å². The lowest BCUT2D eigenvalue weighted by Gasteiger charge is -2.20. The number of rotatable bonds is 3. The second-order valence-electron chi connectivity index (χ2n) is 5.30. The Morgan fingerprint density at radius 3 is 2.89 bits per heavy atom. The van der Waals surface area contributed by atoms with Crippen LogP contribution in [0, 0.1) is 5.92 Å². The molecule has 0 saturated heterocycles. The molecule has 0 bridgehead atoms. The summed E-state index contributed by atoms with van der Waals surface area (Å²) in [5.41, 5.74) is 2.38. The number of hydrogen-bond donors (Lipinski definition) is 0. The fourth-order valence-electron chi connectivity index (χ4n) is 3.23. The summed E-state index contributed by atoms with van der Waals surface area (Å²) in [5, 5.41) is 0. The van der Waals surface area contributed by atoms with Gasteiger partial charge in [0.15, 0.2) is 0 Å². The fraction of sp³-hybridized carbons (Fsp3) is 0.533. The molecule has 0 spiro atoms. The molecule has 3 heteroatoms.